The topological polar surface area (TPSA) is 29.3 Å². The molecule has 1 aliphatic heterocycles. The SMILES string of the molecule is CC1(C)CCCN(CCC(N)c2ccc(Br)cc2)CC1. The normalized spacial score (nSPS) is 21.4. The van der Waals surface area contributed by atoms with Gasteiger partial charge < -0.3 is 10.6 Å². The van der Waals surface area contributed by atoms with Gasteiger partial charge in [0.2, 0.25) is 0 Å². The van der Waals surface area contributed by atoms with Crippen LogP contribution in [-0.4, -0.2) is 24.5 Å². The Morgan fingerprint density at radius 3 is 2.60 bits per heavy atom. The third-order valence-corrected chi connectivity index (χ3v) is 5.02. The molecule has 0 amide bonds. The largest absolute Gasteiger partial charge is 0.324 e. The molecule has 2 rings (SSSR count). The Morgan fingerprint density at radius 1 is 1.20 bits per heavy atom. The van der Waals surface area contributed by atoms with Crippen LogP contribution in [0.5, 0.6) is 0 Å². The lowest BCUT2D eigenvalue weighted by Crippen LogP contribution is -2.29. The number of benzene rings is 1. The summed E-state index contributed by atoms with van der Waals surface area (Å²) in [5, 5.41) is 0. The van der Waals surface area contributed by atoms with Crippen LogP contribution in [0.15, 0.2) is 28.7 Å². The monoisotopic (exact) mass is 338 g/mol. The van der Waals surface area contributed by atoms with Crippen molar-refractivity contribution in [2.75, 3.05) is 19.6 Å². The lowest BCUT2D eigenvalue weighted by Gasteiger charge is -2.24. The smallest absolute Gasteiger partial charge is 0.0307 e. The lowest BCUT2D eigenvalue weighted by molar-refractivity contribution is 0.254. The standard InChI is InChI=1S/C17H27BrN2/c1-17(2)9-3-11-20(13-10-17)12-8-16(19)14-4-6-15(18)7-5-14/h4-7,16H,3,8-13,19H2,1-2H3. The highest BCUT2D eigenvalue weighted by atomic mass is 79.9. The van der Waals surface area contributed by atoms with E-state index in [4.69, 9.17) is 5.73 Å². The highest BCUT2D eigenvalue weighted by molar-refractivity contribution is 9.10. The van der Waals surface area contributed by atoms with Crippen molar-refractivity contribution in [1.82, 2.24) is 4.90 Å². The summed E-state index contributed by atoms with van der Waals surface area (Å²) >= 11 is 3.47. The number of halogens is 1. The summed E-state index contributed by atoms with van der Waals surface area (Å²) in [7, 11) is 0. The zero-order chi connectivity index (χ0) is 14.6. The zero-order valence-corrected chi connectivity index (χ0v) is 14.3. The Morgan fingerprint density at radius 2 is 1.90 bits per heavy atom. The first-order chi connectivity index (χ1) is 9.46. The predicted molar refractivity (Wildman–Crippen MR) is 89.8 cm³/mol. The van der Waals surface area contributed by atoms with E-state index in [0.717, 1.165) is 17.4 Å². The van der Waals surface area contributed by atoms with Gasteiger partial charge in [-0.3, -0.25) is 0 Å². The van der Waals surface area contributed by atoms with E-state index in [0.29, 0.717) is 5.41 Å². The number of nitrogens with two attached hydrogens (primary N) is 1. The summed E-state index contributed by atoms with van der Waals surface area (Å²) in [6.07, 6.45) is 5.02. The molecule has 0 saturated carbocycles. The first kappa shape index (κ1) is 16.0. The van der Waals surface area contributed by atoms with Gasteiger partial charge in [0.15, 0.2) is 0 Å². The molecule has 1 heterocycles. The van der Waals surface area contributed by atoms with E-state index in [1.54, 1.807) is 0 Å². The molecule has 1 saturated heterocycles. The van der Waals surface area contributed by atoms with Gasteiger partial charge in [0.25, 0.3) is 0 Å². The van der Waals surface area contributed by atoms with Crippen molar-refractivity contribution in [1.29, 1.82) is 0 Å². The Bertz CT molecular complexity index is 414. The molecule has 0 spiro atoms. The van der Waals surface area contributed by atoms with Crippen LogP contribution in [0.25, 0.3) is 0 Å². The second-order valence-electron chi connectivity index (χ2n) is 6.81. The molecule has 2 N–H and O–H groups in total. The van der Waals surface area contributed by atoms with E-state index in [9.17, 15) is 0 Å². The Labute approximate surface area is 131 Å². The summed E-state index contributed by atoms with van der Waals surface area (Å²) in [4.78, 5) is 2.59. The van der Waals surface area contributed by atoms with Crippen LogP contribution in [0, 0.1) is 5.41 Å². The van der Waals surface area contributed by atoms with Crippen molar-refractivity contribution >= 4 is 15.9 Å². The van der Waals surface area contributed by atoms with Crippen molar-refractivity contribution < 1.29 is 0 Å². The van der Waals surface area contributed by atoms with Gasteiger partial charge in [-0.25, -0.2) is 0 Å². The highest BCUT2D eigenvalue weighted by Crippen LogP contribution is 2.30. The molecule has 1 unspecified atom stereocenters. The van der Waals surface area contributed by atoms with E-state index in [1.807, 2.05) is 0 Å². The first-order valence-corrected chi connectivity index (χ1v) is 8.49. The van der Waals surface area contributed by atoms with Crippen molar-refractivity contribution in [3.63, 3.8) is 0 Å². The quantitative estimate of drug-likeness (QED) is 0.884. The lowest BCUT2D eigenvalue weighted by atomic mass is 9.85. The number of nitrogens with zero attached hydrogens (tertiary/aromatic N) is 1. The minimum absolute atomic E-state index is 0.152. The molecule has 0 radical (unpaired) electrons. The van der Waals surface area contributed by atoms with Gasteiger partial charge >= 0.3 is 0 Å². The van der Waals surface area contributed by atoms with Crippen molar-refractivity contribution in [3.05, 3.63) is 34.3 Å². The van der Waals surface area contributed by atoms with Crippen molar-refractivity contribution in [3.8, 4) is 0 Å². The van der Waals surface area contributed by atoms with E-state index in [1.165, 1.54) is 37.9 Å². The molecule has 20 heavy (non-hydrogen) atoms. The second kappa shape index (κ2) is 7.06. The summed E-state index contributed by atoms with van der Waals surface area (Å²) in [5.41, 5.74) is 8.07. The summed E-state index contributed by atoms with van der Waals surface area (Å²) in [5.74, 6) is 0. The van der Waals surface area contributed by atoms with Gasteiger partial charge in [0.1, 0.15) is 0 Å². The molecule has 1 fully saturated rings. The molecular formula is C17H27BrN2. The van der Waals surface area contributed by atoms with Crippen LogP contribution in [0.3, 0.4) is 0 Å². The fourth-order valence-electron chi connectivity index (χ4n) is 2.90. The molecule has 112 valence electrons. The van der Waals surface area contributed by atoms with Gasteiger partial charge in [-0.1, -0.05) is 41.9 Å². The third kappa shape index (κ3) is 4.87. The molecule has 2 nitrogen and oxygen atoms in total. The molecule has 0 bridgehead atoms. The molecule has 1 atom stereocenters. The maximum absolute atomic E-state index is 6.31. The average Bonchev–Trinajstić information content (AvgIpc) is 2.58. The Balaban J connectivity index is 1.81. The molecule has 1 aromatic carbocycles. The first-order valence-electron chi connectivity index (χ1n) is 7.70. The predicted octanol–water partition coefficient (Wildman–Crippen LogP) is 4.35. The van der Waals surface area contributed by atoms with Crippen LogP contribution in [0.1, 0.15) is 51.1 Å². The molecule has 0 aromatic heterocycles. The van der Waals surface area contributed by atoms with E-state index in [2.05, 4.69) is 58.9 Å². The van der Waals surface area contributed by atoms with Crippen molar-refractivity contribution in [2.24, 2.45) is 11.1 Å². The van der Waals surface area contributed by atoms with Gasteiger partial charge in [-0.2, -0.15) is 0 Å². The summed E-state index contributed by atoms with van der Waals surface area (Å²) in [6.45, 7) is 8.36. The molecular weight excluding hydrogens is 312 g/mol. The minimum atomic E-state index is 0.152. The van der Waals surface area contributed by atoms with Gasteiger partial charge in [-0.15, -0.1) is 0 Å². The molecule has 0 aliphatic carbocycles. The Hall–Kier alpha value is -0.380. The zero-order valence-electron chi connectivity index (χ0n) is 12.7. The number of likely N-dealkylation sites (tertiary alicyclic amines) is 1. The highest BCUT2D eigenvalue weighted by Gasteiger charge is 2.23. The second-order valence-corrected chi connectivity index (χ2v) is 7.72. The number of hydrogen-bond donors (Lipinski definition) is 1. The van der Waals surface area contributed by atoms with Gasteiger partial charge in [-0.05, 0) is 68.4 Å². The molecule has 3 heteroatoms. The Kier molecular flexibility index (Phi) is 5.65. The van der Waals surface area contributed by atoms with Crippen LogP contribution in [0.2, 0.25) is 0 Å². The van der Waals surface area contributed by atoms with Crippen LogP contribution in [0.4, 0.5) is 0 Å². The number of hydrogen-bond acceptors (Lipinski definition) is 2. The molecule has 1 aromatic rings. The average molecular weight is 339 g/mol. The van der Waals surface area contributed by atoms with Crippen LogP contribution >= 0.6 is 15.9 Å². The maximum Gasteiger partial charge on any atom is 0.0307 e. The van der Waals surface area contributed by atoms with Crippen LogP contribution in [-0.2, 0) is 0 Å². The maximum atomic E-state index is 6.31. The van der Waals surface area contributed by atoms with Crippen LogP contribution < -0.4 is 5.73 Å². The fourth-order valence-corrected chi connectivity index (χ4v) is 3.17. The van der Waals surface area contributed by atoms with Gasteiger partial charge in [0, 0.05) is 10.5 Å². The number of rotatable bonds is 4. The third-order valence-electron chi connectivity index (χ3n) is 4.49. The summed E-state index contributed by atoms with van der Waals surface area (Å²) < 4.78 is 1.11. The summed E-state index contributed by atoms with van der Waals surface area (Å²) in [6, 6.07) is 8.55. The van der Waals surface area contributed by atoms with Crippen molar-refractivity contribution in [2.45, 2.75) is 45.6 Å². The van der Waals surface area contributed by atoms with Gasteiger partial charge in [0.05, 0.1) is 0 Å². The molecule has 1 aliphatic rings. The van der Waals surface area contributed by atoms with E-state index in [-0.39, 0.29) is 6.04 Å². The minimum Gasteiger partial charge on any atom is -0.324 e. The van der Waals surface area contributed by atoms with E-state index >= 15 is 0 Å². The van der Waals surface area contributed by atoms with E-state index < -0.39 is 0 Å². The fraction of sp³-hybridized carbons (Fsp3) is 0.647.